The van der Waals surface area contributed by atoms with E-state index in [-0.39, 0.29) is 11.9 Å². The second-order valence-corrected chi connectivity index (χ2v) is 6.22. The van der Waals surface area contributed by atoms with E-state index in [1.165, 1.54) is 18.9 Å². The zero-order valence-electron chi connectivity index (χ0n) is 16.4. The Morgan fingerprint density at radius 3 is 2.54 bits per heavy atom. The van der Waals surface area contributed by atoms with Crippen molar-refractivity contribution in [1.29, 1.82) is 0 Å². The largest absolute Gasteiger partial charge is 0.465 e. The number of ether oxygens (including phenoxy) is 1. The van der Waals surface area contributed by atoms with Crippen LogP contribution in [0.5, 0.6) is 0 Å². The van der Waals surface area contributed by atoms with Crippen molar-refractivity contribution in [1.82, 2.24) is 0 Å². The minimum Gasteiger partial charge on any atom is -0.465 e. The third-order valence-electron chi connectivity index (χ3n) is 3.74. The number of nitrogens with zero attached hydrogens (tertiary/aromatic N) is 1. The Bertz CT molecular complexity index is 680. The standard InChI is InChI=1S/C17H17NO3S.2C2H6/c1-21-17(20)13-7-8-15-14(9-13)18(16(19)11-22-15)10-12-5-3-2-4-6-12;2*1-2/h3,5-9H,2,4,10-11H2,1H3;2*1-2H3. The molecule has 0 aromatic heterocycles. The molecule has 142 valence electrons. The summed E-state index contributed by atoms with van der Waals surface area (Å²) in [5, 5.41) is 0. The fourth-order valence-electron chi connectivity index (χ4n) is 2.59. The Labute approximate surface area is 161 Å². The Morgan fingerprint density at radius 1 is 1.19 bits per heavy atom. The highest BCUT2D eigenvalue weighted by Gasteiger charge is 2.26. The number of esters is 1. The number of fused-ring (bicyclic) bond motifs is 1. The van der Waals surface area contributed by atoms with Gasteiger partial charge in [-0.25, -0.2) is 4.79 Å². The summed E-state index contributed by atoms with van der Waals surface area (Å²) in [5.41, 5.74) is 2.40. The summed E-state index contributed by atoms with van der Waals surface area (Å²) in [6.45, 7) is 8.55. The molecule has 1 aliphatic heterocycles. The molecule has 0 saturated heterocycles. The fraction of sp³-hybridized carbons (Fsp3) is 0.429. The number of carbonyl (C=O) groups excluding carboxylic acids is 2. The molecule has 26 heavy (non-hydrogen) atoms. The van der Waals surface area contributed by atoms with E-state index < -0.39 is 0 Å². The van der Waals surface area contributed by atoms with E-state index in [2.05, 4.69) is 18.2 Å². The summed E-state index contributed by atoms with van der Waals surface area (Å²) in [4.78, 5) is 26.8. The third-order valence-corrected chi connectivity index (χ3v) is 4.78. The maximum Gasteiger partial charge on any atom is 0.337 e. The molecule has 0 fully saturated rings. The topological polar surface area (TPSA) is 46.6 Å². The lowest BCUT2D eigenvalue weighted by Crippen LogP contribution is -2.37. The van der Waals surface area contributed by atoms with E-state index in [0.29, 0.717) is 17.9 Å². The molecule has 3 rings (SSSR count). The van der Waals surface area contributed by atoms with E-state index in [1.54, 1.807) is 17.0 Å². The highest BCUT2D eigenvalue weighted by Crippen LogP contribution is 2.36. The number of anilines is 1. The summed E-state index contributed by atoms with van der Waals surface area (Å²) in [7, 11) is 1.36. The third kappa shape index (κ3) is 5.49. The zero-order valence-corrected chi connectivity index (χ0v) is 17.2. The minimum absolute atomic E-state index is 0.0689. The molecule has 1 heterocycles. The molecule has 0 spiro atoms. The van der Waals surface area contributed by atoms with Crippen molar-refractivity contribution in [2.75, 3.05) is 24.3 Å². The number of benzene rings is 1. The quantitative estimate of drug-likeness (QED) is 0.678. The molecular formula is C21H29NO3S. The normalized spacial score (nSPS) is 14.9. The summed E-state index contributed by atoms with van der Waals surface area (Å²) in [6.07, 6.45) is 8.43. The van der Waals surface area contributed by atoms with Crippen LogP contribution in [0, 0.1) is 0 Å². The van der Waals surface area contributed by atoms with Crippen molar-refractivity contribution in [3.63, 3.8) is 0 Å². The van der Waals surface area contributed by atoms with Gasteiger partial charge in [-0.15, -0.1) is 11.8 Å². The van der Waals surface area contributed by atoms with E-state index in [1.807, 2.05) is 33.8 Å². The molecule has 0 bridgehead atoms. The minimum atomic E-state index is -0.387. The molecular weight excluding hydrogens is 346 g/mol. The molecule has 0 radical (unpaired) electrons. The number of amides is 1. The number of thioether (sulfide) groups is 1. The number of methoxy groups -OCH3 is 1. The number of rotatable bonds is 3. The van der Waals surface area contributed by atoms with Crippen LogP contribution in [0.3, 0.4) is 0 Å². The zero-order chi connectivity index (χ0) is 19.5. The number of hydrogen-bond acceptors (Lipinski definition) is 4. The van der Waals surface area contributed by atoms with Gasteiger partial charge < -0.3 is 9.64 Å². The molecule has 0 atom stereocenters. The van der Waals surface area contributed by atoms with Gasteiger partial charge in [0, 0.05) is 4.90 Å². The summed E-state index contributed by atoms with van der Waals surface area (Å²) in [5.74, 6) is 0.114. The van der Waals surface area contributed by atoms with Crippen molar-refractivity contribution < 1.29 is 14.3 Å². The van der Waals surface area contributed by atoms with Crippen molar-refractivity contribution in [3.05, 3.63) is 47.6 Å². The van der Waals surface area contributed by atoms with Crippen molar-refractivity contribution >= 4 is 29.3 Å². The van der Waals surface area contributed by atoms with Crippen LogP contribution in [0.2, 0.25) is 0 Å². The molecule has 0 saturated carbocycles. The van der Waals surface area contributed by atoms with Crippen LogP contribution in [0.4, 0.5) is 5.69 Å². The van der Waals surface area contributed by atoms with Crippen molar-refractivity contribution in [2.45, 2.75) is 45.4 Å². The lowest BCUT2D eigenvalue weighted by Gasteiger charge is -2.30. The average Bonchev–Trinajstić information content (AvgIpc) is 2.73. The Morgan fingerprint density at radius 2 is 1.92 bits per heavy atom. The molecule has 1 amide bonds. The van der Waals surface area contributed by atoms with E-state index in [0.717, 1.165) is 29.0 Å². The lowest BCUT2D eigenvalue weighted by atomic mass is 10.1. The predicted octanol–water partition coefficient (Wildman–Crippen LogP) is 5.24. The van der Waals surface area contributed by atoms with Gasteiger partial charge in [0.15, 0.2) is 0 Å². The smallest absolute Gasteiger partial charge is 0.337 e. The molecule has 0 N–H and O–H groups in total. The Balaban J connectivity index is 0.000000791. The number of hydrogen-bond donors (Lipinski definition) is 0. The van der Waals surface area contributed by atoms with Crippen LogP contribution in [-0.2, 0) is 9.53 Å². The van der Waals surface area contributed by atoms with Crippen LogP contribution >= 0.6 is 11.8 Å². The summed E-state index contributed by atoms with van der Waals surface area (Å²) >= 11 is 1.51. The summed E-state index contributed by atoms with van der Waals surface area (Å²) < 4.78 is 4.77. The van der Waals surface area contributed by atoms with Gasteiger partial charge in [-0.3, -0.25) is 4.79 Å². The predicted molar refractivity (Wildman–Crippen MR) is 110 cm³/mol. The van der Waals surface area contributed by atoms with Crippen LogP contribution < -0.4 is 4.90 Å². The Hall–Kier alpha value is -2.01. The van der Waals surface area contributed by atoms with Crippen LogP contribution in [0.25, 0.3) is 0 Å². The highest BCUT2D eigenvalue weighted by atomic mass is 32.2. The first-order chi connectivity index (χ1) is 12.7. The SMILES string of the molecule is CC.CC.COC(=O)c1ccc2c(c1)N(CC1=CCCC=C1)C(=O)CS2. The van der Waals surface area contributed by atoms with Gasteiger partial charge in [0.2, 0.25) is 5.91 Å². The van der Waals surface area contributed by atoms with Crippen molar-refractivity contribution in [3.8, 4) is 0 Å². The first-order valence-corrected chi connectivity index (χ1v) is 10.2. The number of carbonyl (C=O) groups is 2. The summed E-state index contributed by atoms with van der Waals surface area (Å²) in [6, 6.07) is 5.38. The molecule has 2 aliphatic rings. The second kappa shape index (κ2) is 11.6. The molecule has 0 unspecified atom stereocenters. The highest BCUT2D eigenvalue weighted by molar-refractivity contribution is 8.00. The van der Waals surface area contributed by atoms with E-state index in [4.69, 9.17) is 4.74 Å². The van der Waals surface area contributed by atoms with Crippen molar-refractivity contribution in [2.24, 2.45) is 0 Å². The lowest BCUT2D eigenvalue weighted by molar-refractivity contribution is -0.116. The van der Waals surface area contributed by atoms with Gasteiger partial charge in [-0.05, 0) is 36.6 Å². The van der Waals surface area contributed by atoms with E-state index >= 15 is 0 Å². The van der Waals surface area contributed by atoms with E-state index in [9.17, 15) is 9.59 Å². The van der Waals surface area contributed by atoms with Crippen LogP contribution in [-0.4, -0.2) is 31.3 Å². The van der Waals surface area contributed by atoms with Gasteiger partial charge in [0.1, 0.15) is 0 Å². The van der Waals surface area contributed by atoms with Gasteiger partial charge in [0.05, 0.1) is 30.7 Å². The average molecular weight is 376 g/mol. The fourth-order valence-corrected chi connectivity index (χ4v) is 3.50. The molecule has 1 aliphatic carbocycles. The second-order valence-electron chi connectivity index (χ2n) is 5.20. The molecule has 4 nitrogen and oxygen atoms in total. The maximum atomic E-state index is 12.3. The first kappa shape index (κ1) is 22.0. The van der Waals surface area contributed by atoms with Gasteiger partial charge in [-0.1, -0.05) is 45.9 Å². The maximum absolute atomic E-state index is 12.3. The molecule has 5 heteroatoms. The van der Waals surface area contributed by atoms with Gasteiger partial charge >= 0.3 is 5.97 Å². The monoisotopic (exact) mass is 375 g/mol. The number of allylic oxidation sites excluding steroid dienone is 2. The van der Waals surface area contributed by atoms with Gasteiger partial charge in [0.25, 0.3) is 0 Å². The van der Waals surface area contributed by atoms with Crippen LogP contribution in [0.15, 0.2) is 46.9 Å². The first-order valence-electron chi connectivity index (χ1n) is 9.20. The van der Waals surface area contributed by atoms with Gasteiger partial charge in [-0.2, -0.15) is 0 Å². The molecule has 1 aromatic rings. The molecule has 1 aromatic carbocycles. The Kier molecular flexibility index (Phi) is 9.81. The van der Waals surface area contributed by atoms with Crippen LogP contribution in [0.1, 0.15) is 50.9 Å².